The van der Waals surface area contributed by atoms with Crippen molar-refractivity contribution in [2.75, 3.05) is 10.6 Å². The normalized spacial score (nSPS) is 10.4. The molecular weight excluding hydrogens is 300 g/mol. The molecule has 2 aromatic rings. The number of carbonyl (C=O) groups is 2. The summed E-state index contributed by atoms with van der Waals surface area (Å²) in [6.07, 6.45) is 0. The number of nitrogens with one attached hydrogen (secondary N) is 2. The minimum atomic E-state index is -0.0723. The van der Waals surface area contributed by atoms with E-state index in [-0.39, 0.29) is 11.8 Å². The Morgan fingerprint density at radius 1 is 0.625 bits per heavy atom. The lowest BCUT2D eigenvalue weighted by Crippen LogP contribution is -2.08. The Bertz CT molecular complexity index is 753. The predicted molar refractivity (Wildman–Crippen MR) is 99.4 cm³/mol. The van der Waals surface area contributed by atoms with Gasteiger partial charge in [0.1, 0.15) is 0 Å². The molecular formula is C20H24N2O2. The second-order valence-electron chi connectivity index (χ2n) is 6.33. The average Bonchev–Trinajstić information content (AvgIpc) is 2.45. The first-order valence-corrected chi connectivity index (χ1v) is 7.97. The Kier molecular flexibility index (Phi) is 5.07. The summed E-state index contributed by atoms with van der Waals surface area (Å²) in [7, 11) is 0. The maximum absolute atomic E-state index is 11.3. The van der Waals surface area contributed by atoms with Crippen LogP contribution in [0, 0.1) is 27.7 Å². The van der Waals surface area contributed by atoms with Crippen molar-refractivity contribution < 1.29 is 9.59 Å². The van der Waals surface area contributed by atoms with Gasteiger partial charge in [-0.15, -0.1) is 0 Å². The van der Waals surface area contributed by atoms with Gasteiger partial charge in [0.05, 0.1) is 0 Å². The van der Waals surface area contributed by atoms with Crippen molar-refractivity contribution in [3.8, 4) is 11.1 Å². The minimum Gasteiger partial charge on any atom is -0.326 e. The smallest absolute Gasteiger partial charge is 0.221 e. The Morgan fingerprint density at radius 2 is 0.958 bits per heavy atom. The molecule has 2 N–H and O–H groups in total. The molecule has 126 valence electrons. The van der Waals surface area contributed by atoms with Gasteiger partial charge in [-0.25, -0.2) is 0 Å². The van der Waals surface area contributed by atoms with Crippen molar-refractivity contribution in [1.82, 2.24) is 0 Å². The molecule has 2 aromatic carbocycles. The van der Waals surface area contributed by atoms with E-state index in [0.29, 0.717) is 0 Å². The minimum absolute atomic E-state index is 0.0723. The van der Waals surface area contributed by atoms with Crippen molar-refractivity contribution in [2.45, 2.75) is 41.5 Å². The van der Waals surface area contributed by atoms with E-state index in [1.807, 2.05) is 39.8 Å². The Hall–Kier alpha value is -2.62. The number of amides is 2. The number of carbonyl (C=O) groups excluding carboxylic acids is 2. The number of anilines is 2. The summed E-state index contributed by atoms with van der Waals surface area (Å²) in [6, 6.07) is 8.20. The summed E-state index contributed by atoms with van der Waals surface area (Å²) in [5, 5.41) is 5.73. The fraction of sp³-hybridized carbons (Fsp3) is 0.300. The van der Waals surface area contributed by atoms with Crippen LogP contribution in [-0.4, -0.2) is 11.8 Å². The highest BCUT2D eigenvalue weighted by molar-refractivity contribution is 5.92. The lowest BCUT2D eigenvalue weighted by molar-refractivity contribution is -0.115. The largest absolute Gasteiger partial charge is 0.326 e. The first kappa shape index (κ1) is 17.7. The molecule has 0 spiro atoms. The molecule has 0 bridgehead atoms. The standard InChI is InChI=1S/C20H24N2O2/c1-11-9-19(21-15(5)23)13(3)7-17(11)18-8-14(4)20(10-12(18)2)22-16(6)24/h7-10H,1-6H3,(H,21,23)(H,22,24). The molecule has 0 unspecified atom stereocenters. The second kappa shape index (κ2) is 6.87. The zero-order valence-electron chi connectivity index (χ0n) is 15.1. The van der Waals surface area contributed by atoms with Crippen LogP contribution in [0.15, 0.2) is 24.3 Å². The molecule has 0 atom stereocenters. The van der Waals surface area contributed by atoms with Crippen molar-refractivity contribution in [2.24, 2.45) is 0 Å². The molecule has 0 heterocycles. The molecule has 0 radical (unpaired) electrons. The molecule has 0 aliphatic heterocycles. The van der Waals surface area contributed by atoms with Crippen LogP contribution >= 0.6 is 0 Å². The molecule has 24 heavy (non-hydrogen) atoms. The Balaban J connectivity index is 2.52. The maximum Gasteiger partial charge on any atom is 0.221 e. The van der Waals surface area contributed by atoms with E-state index >= 15 is 0 Å². The fourth-order valence-corrected chi connectivity index (χ4v) is 2.86. The summed E-state index contributed by atoms with van der Waals surface area (Å²) in [5.74, 6) is -0.145. The third kappa shape index (κ3) is 3.82. The van der Waals surface area contributed by atoms with E-state index in [0.717, 1.165) is 44.8 Å². The highest BCUT2D eigenvalue weighted by Crippen LogP contribution is 2.34. The van der Waals surface area contributed by atoms with Gasteiger partial charge in [0.25, 0.3) is 0 Å². The number of hydrogen-bond acceptors (Lipinski definition) is 2. The van der Waals surface area contributed by atoms with Crippen molar-refractivity contribution in [3.63, 3.8) is 0 Å². The van der Waals surface area contributed by atoms with Gasteiger partial charge in [-0.2, -0.15) is 0 Å². The number of benzene rings is 2. The van der Waals surface area contributed by atoms with Crippen molar-refractivity contribution in [3.05, 3.63) is 46.5 Å². The van der Waals surface area contributed by atoms with Gasteiger partial charge in [-0.05, 0) is 85.3 Å². The zero-order chi connectivity index (χ0) is 18.0. The van der Waals surface area contributed by atoms with Gasteiger partial charge in [-0.3, -0.25) is 9.59 Å². The number of rotatable bonds is 3. The molecule has 4 nitrogen and oxygen atoms in total. The third-order valence-electron chi connectivity index (χ3n) is 4.05. The van der Waals surface area contributed by atoms with E-state index in [1.165, 1.54) is 13.8 Å². The van der Waals surface area contributed by atoms with Crippen LogP contribution in [-0.2, 0) is 9.59 Å². The monoisotopic (exact) mass is 324 g/mol. The molecule has 0 fully saturated rings. The van der Waals surface area contributed by atoms with Gasteiger partial charge in [0, 0.05) is 25.2 Å². The van der Waals surface area contributed by atoms with Crippen molar-refractivity contribution in [1.29, 1.82) is 0 Å². The quantitative estimate of drug-likeness (QED) is 0.873. The molecule has 0 aliphatic carbocycles. The SMILES string of the molecule is CC(=O)Nc1cc(C)c(-c2cc(C)c(NC(C)=O)cc2C)cc1C. The first-order chi connectivity index (χ1) is 11.2. The second-order valence-corrected chi connectivity index (χ2v) is 6.33. The van der Waals surface area contributed by atoms with E-state index < -0.39 is 0 Å². The summed E-state index contributed by atoms with van der Waals surface area (Å²) in [5.41, 5.74) is 8.19. The Labute approximate surface area is 143 Å². The molecule has 0 saturated heterocycles. The molecule has 0 aliphatic rings. The van der Waals surface area contributed by atoms with Crippen LogP contribution in [0.1, 0.15) is 36.1 Å². The van der Waals surface area contributed by atoms with Gasteiger partial charge < -0.3 is 10.6 Å². The maximum atomic E-state index is 11.3. The average molecular weight is 324 g/mol. The molecule has 0 saturated carbocycles. The summed E-state index contributed by atoms with van der Waals surface area (Å²) >= 11 is 0. The summed E-state index contributed by atoms with van der Waals surface area (Å²) in [4.78, 5) is 22.6. The van der Waals surface area contributed by atoms with Gasteiger partial charge >= 0.3 is 0 Å². The highest BCUT2D eigenvalue weighted by Gasteiger charge is 2.12. The van der Waals surface area contributed by atoms with E-state index in [1.54, 1.807) is 0 Å². The lowest BCUT2D eigenvalue weighted by atomic mass is 9.92. The third-order valence-corrected chi connectivity index (χ3v) is 4.05. The highest BCUT2D eigenvalue weighted by atomic mass is 16.2. The van der Waals surface area contributed by atoms with Crippen LogP contribution in [0.5, 0.6) is 0 Å². The first-order valence-electron chi connectivity index (χ1n) is 7.97. The van der Waals surface area contributed by atoms with Gasteiger partial charge in [0.2, 0.25) is 11.8 Å². The van der Waals surface area contributed by atoms with E-state index in [2.05, 4.69) is 22.8 Å². The number of hydrogen-bond donors (Lipinski definition) is 2. The van der Waals surface area contributed by atoms with Crippen molar-refractivity contribution >= 4 is 23.2 Å². The molecule has 4 heteroatoms. The Morgan fingerprint density at radius 3 is 1.25 bits per heavy atom. The lowest BCUT2D eigenvalue weighted by Gasteiger charge is -2.17. The predicted octanol–water partition coefficient (Wildman–Crippen LogP) is 4.50. The van der Waals surface area contributed by atoms with Crippen LogP contribution < -0.4 is 10.6 Å². The van der Waals surface area contributed by atoms with Crippen LogP contribution in [0.4, 0.5) is 11.4 Å². The van der Waals surface area contributed by atoms with Crippen LogP contribution in [0.25, 0.3) is 11.1 Å². The fourth-order valence-electron chi connectivity index (χ4n) is 2.86. The van der Waals surface area contributed by atoms with E-state index in [4.69, 9.17) is 0 Å². The molecule has 2 amide bonds. The molecule has 2 rings (SSSR count). The van der Waals surface area contributed by atoms with Gasteiger partial charge in [0.15, 0.2) is 0 Å². The molecule has 0 aromatic heterocycles. The summed E-state index contributed by atoms with van der Waals surface area (Å²) in [6.45, 7) is 11.1. The van der Waals surface area contributed by atoms with E-state index in [9.17, 15) is 9.59 Å². The summed E-state index contributed by atoms with van der Waals surface area (Å²) < 4.78 is 0. The zero-order valence-corrected chi connectivity index (χ0v) is 15.1. The topological polar surface area (TPSA) is 58.2 Å². The van der Waals surface area contributed by atoms with Crippen LogP contribution in [0.3, 0.4) is 0 Å². The van der Waals surface area contributed by atoms with Gasteiger partial charge in [-0.1, -0.05) is 0 Å². The van der Waals surface area contributed by atoms with Crippen LogP contribution in [0.2, 0.25) is 0 Å². The number of aryl methyl sites for hydroxylation is 4.